The molecule has 0 aliphatic heterocycles. The number of carbonyl (C=O) groups is 1. The number of hydrogen-bond acceptors (Lipinski definition) is 2. The lowest BCUT2D eigenvalue weighted by molar-refractivity contribution is -0.144. The number of hydrogen-bond donors (Lipinski definition) is 2. The SMILES string of the molecule is C#CCNC(C)(C(=O)O)c1cc(F)c(C)cc1F. The number of terminal acetylenes is 1. The summed E-state index contributed by atoms with van der Waals surface area (Å²) >= 11 is 0. The van der Waals surface area contributed by atoms with Crippen LogP contribution in [0.1, 0.15) is 18.1 Å². The summed E-state index contributed by atoms with van der Waals surface area (Å²) in [6, 6.07) is 1.84. The quantitative estimate of drug-likeness (QED) is 0.804. The Morgan fingerprint density at radius 2 is 2.11 bits per heavy atom. The van der Waals surface area contributed by atoms with E-state index in [1.807, 2.05) is 0 Å². The normalized spacial score (nSPS) is 13.7. The highest BCUT2D eigenvalue weighted by molar-refractivity contribution is 5.80. The number of aliphatic carboxylic acids is 1. The Morgan fingerprint density at radius 3 is 2.61 bits per heavy atom. The van der Waals surface area contributed by atoms with E-state index >= 15 is 0 Å². The van der Waals surface area contributed by atoms with Crippen molar-refractivity contribution in [3.05, 3.63) is 34.9 Å². The van der Waals surface area contributed by atoms with Gasteiger partial charge in [0.2, 0.25) is 0 Å². The third kappa shape index (κ3) is 2.49. The average Bonchev–Trinajstić information content (AvgIpc) is 2.30. The Morgan fingerprint density at radius 1 is 1.50 bits per heavy atom. The first-order valence-corrected chi connectivity index (χ1v) is 5.21. The molecule has 3 nitrogen and oxygen atoms in total. The lowest BCUT2D eigenvalue weighted by Gasteiger charge is -2.26. The Labute approximate surface area is 104 Å². The van der Waals surface area contributed by atoms with E-state index in [9.17, 15) is 18.7 Å². The number of benzene rings is 1. The molecule has 18 heavy (non-hydrogen) atoms. The fourth-order valence-corrected chi connectivity index (χ4v) is 1.54. The standard InChI is InChI=1S/C13H13F2NO2/c1-4-5-16-13(3,12(17)18)9-7-10(14)8(2)6-11(9)15/h1,6-7,16H,5H2,2-3H3,(H,17,18). The molecule has 0 saturated carbocycles. The second-order valence-corrected chi connectivity index (χ2v) is 4.07. The van der Waals surface area contributed by atoms with Crippen LogP contribution in [0.2, 0.25) is 0 Å². The van der Waals surface area contributed by atoms with Crippen molar-refractivity contribution in [3.8, 4) is 12.3 Å². The Balaban J connectivity index is 3.35. The molecule has 1 aromatic rings. The summed E-state index contributed by atoms with van der Waals surface area (Å²) in [7, 11) is 0. The van der Waals surface area contributed by atoms with Crippen LogP contribution in [0.15, 0.2) is 12.1 Å². The van der Waals surface area contributed by atoms with E-state index in [4.69, 9.17) is 6.42 Å². The van der Waals surface area contributed by atoms with E-state index in [1.54, 1.807) is 0 Å². The van der Waals surface area contributed by atoms with Gasteiger partial charge in [0.1, 0.15) is 17.2 Å². The molecule has 96 valence electrons. The highest BCUT2D eigenvalue weighted by atomic mass is 19.1. The number of carboxylic acids is 1. The number of rotatable bonds is 4. The van der Waals surface area contributed by atoms with Gasteiger partial charge in [-0.25, -0.2) is 13.6 Å². The number of carboxylic acid groups (broad SMARTS) is 1. The molecule has 1 aromatic carbocycles. The first-order valence-electron chi connectivity index (χ1n) is 5.21. The minimum absolute atomic E-state index is 0.0717. The van der Waals surface area contributed by atoms with Gasteiger partial charge in [0, 0.05) is 5.56 Å². The Hall–Kier alpha value is -1.93. The van der Waals surface area contributed by atoms with Crippen LogP contribution in [0.4, 0.5) is 8.78 Å². The predicted octanol–water partition coefficient (Wildman–Crippen LogP) is 1.80. The highest BCUT2D eigenvalue weighted by Gasteiger charge is 2.37. The minimum atomic E-state index is -1.77. The molecular formula is C13H13F2NO2. The van der Waals surface area contributed by atoms with Crippen LogP contribution in [-0.4, -0.2) is 17.6 Å². The molecule has 0 aliphatic rings. The second-order valence-electron chi connectivity index (χ2n) is 4.07. The van der Waals surface area contributed by atoms with Gasteiger partial charge in [0.25, 0.3) is 0 Å². The van der Waals surface area contributed by atoms with Gasteiger partial charge >= 0.3 is 5.97 Å². The molecule has 5 heteroatoms. The number of nitrogens with one attached hydrogen (secondary N) is 1. The van der Waals surface area contributed by atoms with Crippen molar-refractivity contribution in [2.75, 3.05) is 6.54 Å². The monoisotopic (exact) mass is 253 g/mol. The van der Waals surface area contributed by atoms with Crippen molar-refractivity contribution in [3.63, 3.8) is 0 Å². The molecule has 2 N–H and O–H groups in total. The van der Waals surface area contributed by atoms with Crippen molar-refractivity contribution in [1.29, 1.82) is 0 Å². The van der Waals surface area contributed by atoms with E-state index in [-0.39, 0.29) is 17.7 Å². The summed E-state index contributed by atoms with van der Waals surface area (Å²) in [4.78, 5) is 11.3. The van der Waals surface area contributed by atoms with Crippen LogP contribution < -0.4 is 5.32 Å². The Kier molecular flexibility index (Phi) is 4.04. The van der Waals surface area contributed by atoms with E-state index in [0.717, 1.165) is 12.1 Å². The van der Waals surface area contributed by atoms with Crippen LogP contribution in [0.5, 0.6) is 0 Å². The molecule has 0 heterocycles. The summed E-state index contributed by atoms with van der Waals surface area (Å²) in [6.45, 7) is 2.56. The lowest BCUT2D eigenvalue weighted by atomic mass is 9.90. The molecule has 1 atom stereocenters. The molecule has 0 spiro atoms. The van der Waals surface area contributed by atoms with E-state index in [2.05, 4.69) is 11.2 Å². The summed E-state index contributed by atoms with van der Waals surface area (Å²) in [5.74, 6) is -0.585. The topological polar surface area (TPSA) is 49.3 Å². The van der Waals surface area contributed by atoms with E-state index < -0.39 is 23.1 Å². The average molecular weight is 253 g/mol. The molecule has 0 bridgehead atoms. The fourth-order valence-electron chi connectivity index (χ4n) is 1.54. The first kappa shape index (κ1) is 14.1. The van der Waals surface area contributed by atoms with E-state index in [0.29, 0.717) is 0 Å². The maximum Gasteiger partial charge on any atom is 0.328 e. The predicted molar refractivity (Wildman–Crippen MR) is 62.9 cm³/mol. The van der Waals surface area contributed by atoms with Crippen molar-refractivity contribution < 1.29 is 18.7 Å². The van der Waals surface area contributed by atoms with Crippen LogP contribution in [0.3, 0.4) is 0 Å². The van der Waals surface area contributed by atoms with Crippen molar-refractivity contribution in [2.24, 2.45) is 0 Å². The molecule has 0 fully saturated rings. The molecule has 1 rings (SSSR count). The van der Waals surface area contributed by atoms with Gasteiger partial charge < -0.3 is 5.11 Å². The molecule has 0 aromatic heterocycles. The zero-order chi connectivity index (χ0) is 13.9. The summed E-state index contributed by atoms with van der Waals surface area (Å²) < 4.78 is 27.2. The van der Waals surface area contributed by atoms with Gasteiger partial charge in [-0.1, -0.05) is 5.92 Å². The maximum absolute atomic E-state index is 13.8. The fraction of sp³-hybridized carbons (Fsp3) is 0.308. The van der Waals surface area contributed by atoms with Gasteiger partial charge in [0.15, 0.2) is 0 Å². The van der Waals surface area contributed by atoms with Crippen LogP contribution >= 0.6 is 0 Å². The van der Waals surface area contributed by atoms with Crippen LogP contribution in [0, 0.1) is 30.9 Å². The third-order valence-corrected chi connectivity index (χ3v) is 2.76. The van der Waals surface area contributed by atoms with Gasteiger partial charge in [-0.05, 0) is 31.5 Å². The lowest BCUT2D eigenvalue weighted by Crippen LogP contribution is -2.47. The molecule has 0 aliphatic carbocycles. The summed E-state index contributed by atoms with van der Waals surface area (Å²) in [6.07, 6.45) is 5.03. The van der Waals surface area contributed by atoms with Gasteiger partial charge in [-0.15, -0.1) is 6.42 Å². The summed E-state index contributed by atoms with van der Waals surface area (Å²) in [5.41, 5.74) is -1.94. The maximum atomic E-state index is 13.8. The third-order valence-electron chi connectivity index (χ3n) is 2.76. The number of aryl methyl sites for hydroxylation is 1. The van der Waals surface area contributed by atoms with Gasteiger partial charge in [-0.2, -0.15) is 0 Å². The molecule has 0 radical (unpaired) electrons. The smallest absolute Gasteiger partial charge is 0.328 e. The zero-order valence-corrected chi connectivity index (χ0v) is 10.1. The molecule has 1 unspecified atom stereocenters. The second kappa shape index (κ2) is 5.15. The molecule has 0 saturated heterocycles. The van der Waals surface area contributed by atoms with Crippen LogP contribution in [-0.2, 0) is 10.3 Å². The van der Waals surface area contributed by atoms with Crippen molar-refractivity contribution in [2.45, 2.75) is 19.4 Å². The van der Waals surface area contributed by atoms with Gasteiger partial charge in [0.05, 0.1) is 6.54 Å². The zero-order valence-electron chi connectivity index (χ0n) is 10.1. The highest BCUT2D eigenvalue weighted by Crippen LogP contribution is 2.26. The van der Waals surface area contributed by atoms with Crippen molar-refractivity contribution in [1.82, 2.24) is 5.32 Å². The first-order chi connectivity index (χ1) is 8.32. The van der Waals surface area contributed by atoms with Crippen molar-refractivity contribution >= 4 is 5.97 Å². The summed E-state index contributed by atoms with van der Waals surface area (Å²) in [5, 5.41) is 11.7. The molecule has 0 amide bonds. The van der Waals surface area contributed by atoms with Crippen LogP contribution in [0.25, 0.3) is 0 Å². The number of halogens is 2. The largest absolute Gasteiger partial charge is 0.480 e. The van der Waals surface area contributed by atoms with Gasteiger partial charge in [-0.3, -0.25) is 5.32 Å². The van der Waals surface area contributed by atoms with E-state index in [1.165, 1.54) is 13.8 Å². The molecular weight excluding hydrogens is 240 g/mol. The Bertz CT molecular complexity index is 522. The minimum Gasteiger partial charge on any atom is -0.480 e.